The number of hydrogen-bond donors (Lipinski definition) is 3. The molecule has 0 bridgehead atoms. The number of ether oxygens (including phenoxy) is 1. The van der Waals surface area contributed by atoms with E-state index in [0.717, 1.165) is 44.0 Å². The Kier molecular flexibility index (Phi) is 11.5. The monoisotopic (exact) mass is 466 g/mol. The molecule has 1 aliphatic carbocycles. The molecule has 1 fully saturated rings. The molecule has 2 rings (SSSR count). The maximum atomic E-state index is 12.7. The topological polar surface area (TPSA) is 99.8 Å². The summed E-state index contributed by atoms with van der Waals surface area (Å²) in [5, 5.41) is 9.60. The van der Waals surface area contributed by atoms with Gasteiger partial charge in [-0.05, 0) is 56.3 Å². The van der Waals surface area contributed by atoms with Gasteiger partial charge in [-0.2, -0.15) is 0 Å². The van der Waals surface area contributed by atoms with Crippen molar-refractivity contribution in [3.05, 3.63) is 28.8 Å². The second-order valence-electron chi connectivity index (χ2n) is 8.09. The van der Waals surface area contributed by atoms with Crippen molar-refractivity contribution in [3.8, 4) is 5.75 Å². The summed E-state index contributed by atoms with van der Waals surface area (Å²) in [6, 6.07) is 5.27. The molecule has 1 unspecified atom stereocenters. The highest BCUT2D eigenvalue weighted by molar-refractivity contribution is 6.30. The van der Waals surface area contributed by atoms with Crippen LogP contribution in [0.15, 0.2) is 18.2 Å². The summed E-state index contributed by atoms with van der Waals surface area (Å²) in [7, 11) is 3.39. The number of nitrogens with one attached hydrogen (secondary N) is 3. The molecule has 2 amide bonds. The summed E-state index contributed by atoms with van der Waals surface area (Å²) in [5.74, 6) is 0.938. The van der Waals surface area contributed by atoms with Crippen LogP contribution in [0.4, 0.5) is 0 Å². The highest BCUT2D eigenvalue weighted by atomic mass is 35.5. The second-order valence-corrected chi connectivity index (χ2v) is 8.53. The molecule has 0 aromatic heterocycles. The zero-order valence-corrected chi connectivity index (χ0v) is 19.7. The number of amides is 2. The Labute approximate surface area is 195 Å². The lowest BCUT2D eigenvalue weighted by Crippen LogP contribution is -2.52. The third-order valence-electron chi connectivity index (χ3n) is 5.65. The van der Waals surface area contributed by atoms with Gasteiger partial charge >= 0.3 is 0 Å². The zero-order valence-electron chi connectivity index (χ0n) is 19.0. The summed E-state index contributed by atoms with van der Waals surface area (Å²) in [6.45, 7) is 1.89. The van der Waals surface area contributed by atoms with E-state index in [1.54, 1.807) is 20.2 Å². The number of likely N-dealkylation sites (N-methyl/N-ethyl adjacent to an activating group) is 2. The molecule has 0 spiro atoms. The summed E-state index contributed by atoms with van der Waals surface area (Å²) in [6.07, 6.45) is 5.44. The number of halogens is 1. The van der Waals surface area contributed by atoms with Crippen LogP contribution in [0.3, 0.4) is 0 Å². The molecule has 3 N–H and O–H groups in total. The van der Waals surface area contributed by atoms with Crippen LogP contribution in [0.2, 0.25) is 5.02 Å². The summed E-state index contributed by atoms with van der Waals surface area (Å²) in [4.78, 5) is 36.4. The van der Waals surface area contributed by atoms with Crippen LogP contribution in [0.25, 0.3) is 0 Å². The van der Waals surface area contributed by atoms with Crippen LogP contribution in [0, 0.1) is 5.92 Å². The number of nitrogens with zero attached hydrogens (tertiary/aromatic N) is 1. The standard InChI is InChI=1S/C23H35ClN4O4/c1-25-16-21(30)26-10-4-7-17-8-9-19(24)15-20(17)32-14-11-27-22(18-5-3-6-18)23(31)28(2)12-13-29/h8-9,13,15,18,22,25,27H,3-7,10-12,14,16H2,1-2H3,(H,26,30). The number of hydrogen-bond acceptors (Lipinski definition) is 6. The Bertz CT molecular complexity index is 758. The average molecular weight is 467 g/mol. The van der Waals surface area contributed by atoms with Crippen LogP contribution < -0.4 is 20.7 Å². The molecule has 0 heterocycles. The summed E-state index contributed by atoms with van der Waals surface area (Å²) >= 11 is 6.15. The lowest BCUT2D eigenvalue weighted by molar-refractivity contribution is -0.136. The van der Waals surface area contributed by atoms with Crippen LogP contribution in [-0.2, 0) is 20.8 Å². The fourth-order valence-electron chi connectivity index (χ4n) is 3.64. The van der Waals surface area contributed by atoms with E-state index in [-0.39, 0.29) is 24.4 Å². The maximum absolute atomic E-state index is 12.7. The fourth-order valence-corrected chi connectivity index (χ4v) is 3.80. The molecule has 8 nitrogen and oxygen atoms in total. The van der Waals surface area contributed by atoms with E-state index < -0.39 is 0 Å². The highest BCUT2D eigenvalue weighted by Gasteiger charge is 2.33. The molecule has 178 valence electrons. The van der Waals surface area contributed by atoms with Crippen LogP contribution >= 0.6 is 11.6 Å². The quantitative estimate of drug-likeness (QED) is 0.267. The molecule has 0 aliphatic heterocycles. The molecule has 0 radical (unpaired) electrons. The highest BCUT2D eigenvalue weighted by Crippen LogP contribution is 2.30. The molecule has 0 saturated heterocycles. The van der Waals surface area contributed by atoms with E-state index in [9.17, 15) is 14.4 Å². The van der Waals surface area contributed by atoms with E-state index in [1.807, 2.05) is 12.1 Å². The molecule has 1 aliphatic rings. The van der Waals surface area contributed by atoms with Crippen molar-refractivity contribution < 1.29 is 19.1 Å². The molecule has 1 saturated carbocycles. The Morgan fingerprint density at radius 2 is 2.09 bits per heavy atom. The Hall–Kier alpha value is -2.16. The van der Waals surface area contributed by atoms with Crippen molar-refractivity contribution in [3.63, 3.8) is 0 Å². The first-order valence-corrected chi connectivity index (χ1v) is 11.6. The van der Waals surface area contributed by atoms with Crippen molar-refractivity contribution in [2.24, 2.45) is 5.92 Å². The minimum Gasteiger partial charge on any atom is -0.492 e. The van der Waals surface area contributed by atoms with E-state index in [4.69, 9.17) is 16.3 Å². The lowest BCUT2D eigenvalue weighted by atomic mass is 9.79. The van der Waals surface area contributed by atoms with Gasteiger partial charge in [-0.15, -0.1) is 0 Å². The van der Waals surface area contributed by atoms with Crippen LogP contribution in [0.5, 0.6) is 5.75 Å². The van der Waals surface area contributed by atoms with Gasteiger partial charge in [0.15, 0.2) is 0 Å². The van der Waals surface area contributed by atoms with Gasteiger partial charge in [0.25, 0.3) is 0 Å². The zero-order chi connectivity index (χ0) is 23.3. The molecule has 1 atom stereocenters. The van der Waals surface area contributed by atoms with Gasteiger partial charge in [0.05, 0.1) is 19.1 Å². The Morgan fingerprint density at radius 3 is 2.75 bits per heavy atom. The van der Waals surface area contributed by atoms with E-state index in [2.05, 4.69) is 16.0 Å². The number of aryl methyl sites for hydroxylation is 1. The number of carbonyl (C=O) groups is 3. The number of benzene rings is 1. The minimum absolute atomic E-state index is 0.0273. The van der Waals surface area contributed by atoms with Gasteiger partial charge in [0.2, 0.25) is 11.8 Å². The van der Waals surface area contributed by atoms with Crippen molar-refractivity contribution in [2.45, 2.75) is 38.1 Å². The lowest BCUT2D eigenvalue weighted by Gasteiger charge is -2.35. The first kappa shape index (κ1) is 26.1. The van der Waals surface area contributed by atoms with E-state index >= 15 is 0 Å². The molecule has 9 heteroatoms. The number of carbonyl (C=O) groups excluding carboxylic acids is 3. The largest absolute Gasteiger partial charge is 0.492 e. The first-order valence-electron chi connectivity index (χ1n) is 11.2. The Morgan fingerprint density at radius 1 is 1.31 bits per heavy atom. The van der Waals surface area contributed by atoms with Crippen LogP contribution in [-0.4, -0.2) is 75.9 Å². The van der Waals surface area contributed by atoms with Crippen molar-refractivity contribution in [2.75, 3.05) is 46.9 Å². The third kappa shape index (κ3) is 8.41. The first-order chi connectivity index (χ1) is 15.5. The van der Waals surface area contributed by atoms with Gasteiger partial charge in [-0.1, -0.05) is 24.1 Å². The van der Waals surface area contributed by atoms with Gasteiger partial charge in [-0.3, -0.25) is 9.59 Å². The van der Waals surface area contributed by atoms with E-state index in [0.29, 0.717) is 42.9 Å². The molecule has 1 aromatic rings. The number of aldehydes is 1. The number of rotatable bonds is 15. The molecular formula is C23H35ClN4O4. The Balaban J connectivity index is 1.84. The van der Waals surface area contributed by atoms with Gasteiger partial charge in [-0.25, -0.2) is 0 Å². The molecule has 1 aromatic carbocycles. The molecular weight excluding hydrogens is 432 g/mol. The summed E-state index contributed by atoms with van der Waals surface area (Å²) < 4.78 is 5.98. The predicted molar refractivity (Wildman–Crippen MR) is 125 cm³/mol. The van der Waals surface area contributed by atoms with Gasteiger partial charge in [0, 0.05) is 25.2 Å². The van der Waals surface area contributed by atoms with E-state index in [1.165, 1.54) is 4.90 Å². The summed E-state index contributed by atoms with van der Waals surface area (Å²) in [5.41, 5.74) is 1.02. The van der Waals surface area contributed by atoms with Crippen molar-refractivity contribution in [1.82, 2.24) is 20.9 Å². The predicted octanol–water partition coefficient (Wildman–Crippen LogP) is 1.40. The van der Waals surface area contributed by atoms with Crippen molar-refractivity contribution in [1.29, 1.82) is 0 Å². The minimum atomic E-state index is -0.294. The van der Waals surface area contributed by atoms with Gasteiger partial charge in [0.1, 0.15) is 18.6 Å². The second kappa shape index (κ2) is 14.1. The van der Waals surface area contributed by atoms with Crippen LogP contribution in [0.1, 0.15) is 31.2 Å². The third-order valence-corrected chi connectivity index (χ3v) is 5.88. The van der Waals surface area contributed by atoms with Crippen molar-refractivity contribution >= 4 is 29.7 Å². The average Bonchev–Trinajstić information content (AvgIpc) is 2.73. The normalized spacial score (nSPS) is 14.3. The fraction of sp³-hybridized carbons (Fsp3) is 0.609. The molecule has 32 heavy (non-hydrogen) atoms. The maximum Gasteiger partial charge on any atom is 0.240 e. The van der Waals surface area contributed by atoms with Gasteiger partial charge < -0.3 is 30.4 Å². The SMILES string of the molecule is CNCC(=O)NCCCc1ccc(Cl)cc1OCCNC(C(=O)N(C)CC=O)C1CCC1. The smallest absolute Gasteiger partial charge is 0.240 e.